The first-order chi connectivity index (χ1) is 12.7. The smallest absolute Gasteiger partial charge is 0.232 e. The quantitative estimate of drug-likeness (QED) is 0.721. The number of thioether (sulfide) groups is 1. The van der Waals surface area contributed by atoms with Crippen molar-refractivity contribution >= 4 is 17.7 Å². The number of hydrogen-bond donors (Lipinski definition) is 0. The van der Waals surface area contributed by atoms with E-state index in [1.807, 2.05) is 4.90 Å². The zero-order valence-corrected chi connectivity index (χ0v) is 15.4. The fourth-order valence-electron chi connectivity index (χ4n) is 3.33. The second kappa shape index (κ2) is 7.78. The van der Waals surface area contributed by atoms with Crippen molar-refractivity contribution in [1.82, 2.24) is 15.0 Å². The zero-order chi connectivity index (χ0) is 17.9. The summed E-state index contributed by atoms with van der Waals surface area (Å²) in [7, 11) is 0. The van der Waals surface area contributed by atoms with Crippen LogP contribution in [0.5, 0.6) is 0 Å². The van der Waals surface area contributed by atoms with Crippen molar-refractivity contribution in [3.63, 3.8) is 0 Å². The number of piperidine rings is 1. The molecule has 0 bridgehead atoms. The van der Waals surface area contributed by atoms with Crippen molar-refractivity contribution < 1.29 is 13.7 Å². The van der Waals surface area contributed by atoms with Crippen LogP contribution in [0.3, 0.4) is 0 Å². The Bertz CT molecular complexity index is 760. The zero-order valence-electron chi connectivity index (χ0n) is 14.6. The maximum absolute atomic E-state index is 12.9. The summed E-state index contributed by atoms with van der Waals surface area (Å²) in [4.78, 5) is 19.9. The van der Waals surface area contributed by atoms with Crippen molar-refractivity contribution in [3.8, 4) is 0 Å². The molecule has 1 amide bonds. The summed E-state index contributed by atoms with van der Waals surface area (Å²) in [5.41, 5.74) is 0. The minimum atomic E-state index is -0.259. The van der Waals surface area contributed by atoms with Gasteiger partial charge in [-0.25, -0.2) is 4.39 Å². The van der Waals surface area contributed by atoms with Gasteiger partial charge in [-0.1, -0.05) is 5.16 Å². The molecule has 2 heterocycles. The first kappa shape index (κ1) is 17.5. The normalized spacial score (nSPS) is 20.3. The molecule has 2 aliphatic rings. The molecule has 7 heteroatoms. The Morgan fingerprint density at radius 1 is 1.27 bits per heavy atom. The van der Waals surface area contributed by atoms with Crippen molar-refractivity contribution in [2.24, 2.45) is 5.92 Å². The van der Waals surface area contributed by atoms with Crippen molar-refractivity contribution in [2.75, 3.05) is 18.8 Å². The van der Waals surface area contributed by atoms with E-state index in [9.17, 15) is 9.18 Å². The Balaban J connectivity index is 1.27. The van der Waals surface area contributed by atoms with Crippen LogP contribution in [0.2, 0.25) is 0 Å². The molecule has 26 heavy (non-hydrogen) atoms. The Morgan fingerprint density at radius 3 is 2.85 bits per heavy atom. The van der Waals surface area contributed by atoms with Gasteiger partial charge in [0, 0.05) is 30.3 Å². The Hall–Kier alpha value is -1.89. The Labute approximate surface area is 156 Å². The van der Waals surface area contributed by atoms with E-state index in [0.29, 0.717) is 23.5 Å². The van der Waals surface area contributed by atoms with E-state index in [0.717, 1.165) is 55.9 Å². The van der Waals surface area contributed by atoms with Crippen molar-refractivity contribution in [2.45, 2.75) is 42.9 Å². The fraction of sp³-hybridized carbons (Fsp3) is 0.526. The molecule has 0 spiro atoms. The van der Waals surface area contributed by atoms with Gasteiger partial charge in [0.1, 0.15) is 5.82 Å². The third kappa shape index (κ3) is 4.44. The van der Waals surface area contributed by atoms with Crippen LogP contribution < -0.4 is 0 Å². The number of halogens is 1. The number of hydrogen-bond acceptors (Lipinski definition) is 5. The molecule has 2 aromatic rings. The van der Waals surface area contributed by atoms with Crippen LogP contribution in [0.1, 0.15) is 43.3 Å². The first-order valence-electron chi connectivity index (χ1n) is 9.16. The number of nitrogens with zero attached hydrogens (tertiary/aromatic N) is 3. The minimum absolute atomic E-state index is 0.133. The summed E-state index contributed by atoms with van der Waals surface area (Å²) >= 11 is 1.45. The molecule has 5 nitrogen and oxygen atoms in total. The minimum Gasteiger partial charge on any atom is -0.342 e. The lowest BCUT2D eigenvalue weighted by atomic mass is 9.95. The first-order valence-corrected chi connectivity index (χ1v) is 10.1. The van der Waals surface area contributed by atoms with E-state index in [4.69, 9.17) is 4.52 Å². The summed E-state index contributed by atoms with van der Waals surface area (Å²) in [5, 5.41) is 4.07. The van der Waals surface area contributed by atoms with Gasteiger partial charge < -0.3 is 9.42 Å². The van der Waals surface area contributed by atoms with Crippen LogP contribution in [-0.2, 0) is 11.2 Å². The van der Waals surface area contributed by atoms with Gasteiger partial charge in [-0.3, -0.25) is 4.79 Å². The van der Waals surface area contributed by atoms with E-state index in [2.05, 4.69) is 10.1 Å². The monoisotopic (exact) mass is 375 g/mol. The van der Waals surface area contributed by atoms with Crippen LogP contribution >= 0.6 is 11.8 Å². The Kier molecular flexibility index (Phi) is 5.24. The summed E-state index contributed by atoms with van der Waals surface area (Å²) in [5.74, 6) is 2.67. The molecular formula is C19H22FN3O2S. The van der Waals surface area contributed by atoms with E-state index in [1.165, 1.54) is 23.9 Å². The lowest BCUT2D eigenvalue weighted by molar-refractivity contribution is -0.130. The van der Waals surface area contributed by atoms with Crippen LogP contribution in [0.15, 0.2) is 33.7 Å². The van der Waals surface area contributed by atoms with Gasteiger partial charge in [-0.15, -0.1) is 11.8 Å². The molecule has 1 aliphatic carbocycles. The number of carbonyl (C=O) groups is 1. The molecule has 1 aliphatic heterocycles. The van der Waals surface area contributed by atoms with Crippen LogP contribution in [0.25, 0.3) is 0 Å². The van der Waals surface area contributed by atoms with Gasteiger partial charge in [0.25, 0.3) is 0 Å². The van der Waals surface area contributed by atoms with E-state index >= 15 is 0 Å². The van der Waals surface area contributed by atoms with E-state index < -0.39 is 0 Å². The topological polar surface area (TPSA) is 59.2 Å². The summed E-state index contributed by atoms with van der Waals surface area (Å²) in [6, 6.07) is 6.26. The van der Waals surface area contributed by atoms with Gasteiger partial charge >= 0.3 is 0 Å². The molecule has 0 unspecified atom stereocenters. The summed E-state index contributed by atoms with van der Waals surface area (Å²) in [6.45, 7) is 1.54. The van der Waals surface area contributed by atoms with Gasteiger partial charge in [0.2, 0.25) is 11.8 Å². The van der Waals surface area contributed by atoms with E-state index in [1.54, 1.807) is 12.1 Å². The maximum Gasteiger partial charge on any atom is 0.232 e. The van der Waals surface area contributed by atoms with Crippen LogP contribution in [0, 0.1) is 11.7 Å². The predicted molar refractivity (Wildman–Crippen MR) is 96.4 cm³/mol. The van der Waals surface area contributed by atoms with Crippen molar-refractivity contribution in [3.05, 3.63) is 41.8 Å². The van der Waals surface area contributed by atoms with Crippen molar-refractivity contribution in [1.29, 1.82) is 0 Å². The van der Waals surface area contributed by atoms with Gasteiger partial charge in [0.15, 0.2) is 5.82 Å². The highest BCUT2D eigenvalue weighted by molar-refractivity contribution is 8.00. The number of carbonyl (C=O) groups excluding carboxylic acids is 1. The number of benzene rings is 1. The Morgan fingerprint density at radius 2 is 2.08 bits per heavy atom. The number of aromatic nitrogens is 2. The lowest BCUT2D eigenvalue weighted by Gasteiger charge is -2.32. The molecule has 2 fully saturated rings. The molecule has 138 valence electrons. The molecule has 1 saturated heterocycles. The van der Waals surface area contributed by atoms with Crippen LogP contribution in [0.4, 0.5) is 4.39 Å². The lowest BCUT2D eigenvalue weighted by Crippen LogP contribution is -2.41. The van der Waals surface area contributed by atoms with Gasteiger partial charge in [0.05, 0.1) is 5.75 Å². The standard InChI is InChI=1S/C19H22FN3O2S/c20-15-5-7-16(8-6-15)26-12-18(24)23-9-1-2-13(11-23)10-17-21-19(22-25-17)14-3-4-14/h5-8,13-14H,1-4,9-12H2/t13-/m0/s1. The SMILES string of the molecule is O=C(CSc1ccc(F)cc1)N1CCC[C@@H](Cc2nc(C3CC3)no2)C1. The second-order valence-electron chi connectivity index (χ2n) is 7.12. The largest absolute Gasteiger partial charge is 0.342 e. The summed E-state index contributed by atoms with van der Waals surface area (Å²) < 4.78 is 18.3. The highest BCUT2D eigenvalue weighted by Crippen LogP contribution is 2.38. The number of rotatable bonds is 6. The molecule has 4 rings (SSSR count). The highest BCUT2D eigenvalue weighted by Gasteiger charge is 2.30. The van der Waals surface area contributed by atoms with Gasteiger partial charge in [-0.05, 0) is 55.9 Å². The average molecular weight is 375 g/mol. The fourth-order valence-corrected chi connectivity index (χ4v) is 4.13. The number of likely N-dealkylation sites (tertiary alicyclic amines) is 1. The highest BCUT2D eigenvalue weighted by atomic mass is 32.2. The van der Waals surface area contributed by atoms with Gasteiger partial charge in [-0.2, -0.15) is 4.98 Å². The third-order valence-electron chi connectivity index (χ3n) is 4.94. The molecule has 1 saturated carbocycles. The van der Waals surface area contributed by atoms with E-state index in [-0.39, 0.29) is 11.7 Å². The van der Waals surface area contributed by atoms with Crippen LogP contribution in [-0.4, -0.2) is 39.8 Å². The predicted octanol–water partition coefficient (Wildman–Crippen LogP) is 3.66. The molecule has 0 radical (unpaired) electrons. The molecule has 1 aromatic carbocycles. The number of amides is 1. The average Bonchev–Trinajstić information content (AvgIpc) is 3.41. The maximum atomic E-state index is 12.9. The summed E-state index contributed by atoms with van der Waals surface area (Å²) in [6.07, 6.45) is 5.15. The molecule has 1 aromatic heterocycles. The molecule has 0 N–H and O–H groups in total. The molecular weight excluding hydrogens is 353 g/mol. The molecule has 1 atom stereocenters. The second-order valence-corrected chi connectivity index (χ2v) is 8.16. The third-order valence-corrected chi connectivity index (χ3v) is 5.93.